The number of hydrazine groups is 1. The number of carbonyl (C=O) groups excluding carboxylic acids is 2. The molecule has 29 heavy (non-hydrogen) atoms. The van der Waals surface area contributed by atoms with Crippen molar-refractivity contribution in [3.05, 3.63) is 64.3 Å². The molecule has 0 spiro atoms. The number of benzene rings is 2. The number of hydrogen-bond donors (Lipinski definition) is 2. The standard InChI is InChI=1S/C19H15F3N2O2.CH6N2/c1-3-15-13-8-7-12(10-25)9-16(13)24(23-15)18(26)17-11(2)5-4-6-14(17)19(20,21)22;1-3-2/h4-10H,3H2,1-2H3;3H,2H2,1H3. The maximum Gasteiger partial charge on any atom is 0.417 e. The van der Waals surface area contributed by atoms with Crippen LogP contribution in [0.3, 0.4) is 0 Å². The average molecular weight is 406 g/mol. The number of halogens is 3. The molecule has 1 aromatic heterocycles. The van der Waals surface area contributed by atoms with Crippen LogP contribution in [0.5, 0.6) is 0 Å². The highest BCUT2D eigenvalue weighted by Gasteiger charge is 2.36. The van der Waals surface area contributed by atoms with Gasteiger partial charge in [-0.2, -0.15) is 23.0 Å². The highest BCUT2D eigenvalue weighted by molar-refractivity contribution is 6.04. The van der Waals surface area contributed by atoms with E-state index in [4.69, 9.17) is 0 Å². The summed E-state index contributed by atoms with van der Waals surface area (Å²) in [6.45, 7) is 3.28. The van der Waals surface area contributed by atoms with E-state index < -0.39 is 23.2 Å². The third-order valence-electron chi connectivity index (χ3n) is 4.24. The summed E-state index contributed by atoms with van der Waals surface area (Å²) in [5.41, 5.74) is 2.22. The first-order valence-electron chi connectivity index (χ1n) is 8.75. The van der Waals surface area contributed by atoms with Gasteiger partial charge in [0, 0.05) is 10.9 Å². The van der Waals surface area contributed by atoms with Crippen molar-refractivity contribution in [1.82, 2.24) is 15.2 Å². The van der Waals surface area contributed by atoms with Crippen LogP contribution in [-0.2, 0) is 12.6 Å². The van der Waals surface area contributed by atoms with Crippen LogP contribution < -0.4 is 11.3 Å². The second kappa shape index (κ2) is 8.97. The van der Waals surface area contributed by atoms with E-state index in [1.807, 2.05) is 6.92 Å². The predicted molar refractivity (Wildman–Crippen MR) is 104 cm³/mol. The van der Waals surface area contributed by atoms with Gasteiger partial charge in [0.15, 0.2) is 0 Å². The van der Waals surface area contributed by atoms with Crippen LogP contribution >= 0.6 is 0 Å². The summed E-state index contributed by atoms with van der Waals surface area (Å²) < 4.78 is 41.1. The Balaban J connectivity index is 0.000000941. The zero-order valence-corrected chi connectivity index (χ0v) is 16.2. The Morgan fingerprint density at radius 3 is 2.48 bits per heavy atom. The van der Waals surface area contributed by atoms with Crippen molar-refractivity contribution in [2.75, 3.05) is 7.05 Å². The summed E-state index contributed by atoms with van der Waals surface area (Å²) in [4.78, 5) is 24.0. The van der Waals surface area contributed by atoms with Gasteiger partial charge in [0.1, 0.15) is 6.29 Å². The average Bonchev–Trinajstić information content (AvgIpc) is 3.05. The molecule has 0 fully saturated rings. The number of nitrogens with two attached hydrogens (primary N) is 1. The number of aromatic nitrogens is 2. The largest absolute Gasteiger partial charge is 0.417 e. The number of nitrogens with one attached hydrogen (secondary N) is 1. The molecule has 1 heterocycles. The van der Waals surface area contributed by atoms with Crippen LogP contribution in [0.4, 0.5) is 13.2 Å². The SMILES string of the molecule is CCc1nn(C(=O)c2c(C)cccc2C(F)(F)F)c2cc(C=O)ccc12.CNN. The number of hydrogen-bond acceptors (Lipinski definition) is 5. The number of nitrogens with zero attached hydrogens (tertiary/aromatic N) is 2. The van der Waals surface area contributed by atoms with E-state index in [0.29, 0.717) is 34.9 Å². The Morgan fingerprint density at radius 1 is 1.28 bits per heavy atom. The molecule has 3 N–H and O–H groups in total. The Bertz CT molecular complexity index is 1040. The van der Waals surface area contributed by atoms with E-state index in [1.165, 1.54) is 25.1 Å². The smallest absolute Gasteiger partial charge is 0.298 e. The van der Waals surface area contributed by atoms with Crippen LogP contribution in [-0.4, -0.2) is 29.0 Å². The van der Waals surface area contributed by atoms with Gasteiger partial charge >= 0.3 is 6.18 Å². The third kappa shape index (κ3) is 4.52. The first-order valence-corrected chi connectivity index (χ1v) is 8.75. The van der Waals surface area contributed by atoms with E-state index in [-0.39, 0.29) is 5.56 Å². The molecule has 0 amide bonds. The molecule has 9 heteroatoms. The molecule has 0 saturated carbocycles. The Morgan fingerprint density at radius 2 is 1.93 bits per heavy atom. The van der Waals surface area contributed by atoms with Gasteiger partial charge in [-0.3, -0.25) is 20.9 Å². The number of alkyl halides is 3. The molecule has 0 radical (unpaired) electrons. The molecule has 0 atom stereocenters. The molecule has 0 unspecified atom stereocenters. The van der Waals surface area contributed by atoms with E-state index >= 15 is 0 Å². The van der Waals surface area contributed by atoms with Crippen LogP contribution in [0, 0.1) is 6.92 Å². The number of rotatable bonds is 3. The minimum Gasteiger partial charge on any atom is -0.298 e. The maximum atomic E-state index is 13.4. The lowest BCUT2D eigenvalue weighted by Crippen LogP contribution is -2.21. The quantitative estimate of drug-likeness (QED) is 0.395. The summed E-state index contributed by atoms with van der Waals surface area (Å²) >= 11 is 0. The molecule has 0 aliphatic heterocycles. The van der Waals surface area contributed by atoms with Crippen molar-refractivity contribution in [3.8, 4) is 0 Å². The molecule has 0 aliphatic rings. The van der Waals surface area contributed by atoms with Crippen molar-refractivity contribution >= 4 is 23.1 Å². The van der Waals surface area contributed by atoms with Gasteiger partial charge in [-0.25, -0.2) is 0 Å². The van der Waals surface area contributed by atoms with Gasteiger partial charge in [-0.15, -0.1) is 0 Å². The van der Waals surface area contributed by atoms with Gasteiger partial charge in [-0.1, -0.05) is 31.2 Å². The molecule has 6 nitrogen and oxygen atoms in total. The number of fused-ring (bicyclic) bond motifs is 1. The van der Waals surface area contributed by atoms with Gasteiger partial charge in [0.2, 0.25) is 0 Å². The molecule has 0 saturated heterocycles. The molecule has 154 valence electrons. The van der Waals surface area contributed by atoms with Crippen molar-refractivity contribution in [3.63, 3.8) is 0 Å². The Hall–Kier alpha value is -3.04. The maximum absolute atomic E-state index is 13.4. The number of aryl methyl sites for hydroxylation is 2. The van der Waals surface area contributed by atoms with E-state index in [1.54, 1.807) is 19.2 Å². The summed E-state index contributed by atoms with van der Waals surface area (Å²) in [5, 5.41) is 4.84. The van der Waals surface area contributed by atoms with E-state index in [9.17, 15) is 22.8 Å². The summed E-state index contributed by atoms with van der Waals surface area (Å²) in [5.74, 6) is 3.73. The summed E-state index contributed by atoms with van der Waals surface area (Å²) in [7, 11) is 1.65. The number of carbonyl (C=O) groups is 2. The van der Waals surface area contributed by atoms with Gasteiger partial charge in [-0.05, 0) is 38.1 Å². The van der Waals surface area contributed by atoms with Crippen LogP contribution in [0.25, 0.3) is 10.9 Å². The minimum atomic E-state index is -4.67. The first-order chi connectivity index (χ1) is 13.7. The van der Waals surface area contributed by atoms with Crippen molar-refractivity contribution in [2.24, 2.45) is 5.84 Å². The summed E-state index contributed by atoms with van der Waals surface area (Å²) in [6.07, 6.45) is -3.56. The van der Waals surface area contributed by atoms with Crippen molar-refractivity contribution in [1.29, 1.82) is 0 Å². The highest BCUT2D eigenvalue weighted by atomic mass is 19.4. The fourth-order valence-electron chi connectivity index (χ4n) is 2.98. The lowest BCUT2D eigenvalue weighted by Gasteiger charge is -2.14. The molecule has 3 rings (SSSR count). The molecule has 2 aromatic carbocycles. The highest BCUT2D eigenvalue weighted by Crippen LogP contribution is 2.34. The minimum absolute atomic E-state index is 0.207. The zero-order valence-electron chi connectivity index (χ0n) is 16.2. The second-order valence-corrected chi connectivity index (χ2v) is 6.20. The lowest BCUT2D eigenvalue weighted by molar-refractivity contribution is -0.138. The van der Waals surface area contributed by atoms with Gasteiger partial charge in [0.05, 0.1) is 22.3 Å². The monoisotopic (exact) mass is 406 g/mol. The Labute approximate surface area is 165 Å². The normalized spacial score (nSPS) is 11.1. The first kappa shape index (κ1) is 22.3. The van der Waals surface area contributed by atoms with Crippen LogP contribution in [0.2, 0.25) is 0 Å². The molecule has 0 aliphatic carbocycles. The Kier molecular flexibility index (Phi) is 6.89. The number of aldehydes is 1. The van der Waals surface area contributed by atoms with Crippen LogP contribution in [0.1, 0.15) is 44.5 Å². The molecular formula is C20H21F3N4O2. The molecular weight excluding hydrogens is 385 g/mol. The van der Waals surface area contributed by atoms with Crippen molar-refractivity contribution in [2.45, 2.75) is 26.4 Å². The fourth-order valence-corrected chi connectivity index (χ4v) is 2.98. The predicted octanol–water partition coefficient (Wildman–Crippen LogP) is 3.51. The van der Waals surface area contributed by atoms with Gasteiger partial charge in [0.25, 0.3) is 5.91 Å². The molecule has 0 bridgehead atoms. The second-order valence-electron chi connectivity index (χ2n) is 6.20. The fraction of sp³-hybridized carbons (Fsp3) is 0.250. The van der Waals surface area contributed by atoms with E-state index in [2.05, 4.69) is 16.4 Å². The van der Waals surface area contributed by atoms with E-state index in [0.717, 1.165) is 10.7 Å². The van der Waals surface area contributed by atoms with Crippen molar-refractivity contribution < 1.29 is 22.8 Å². The molecule has 3 aromatic rings. The van der Waals surface area contributed by atoms with Gasteiger partial charge < -0.3 is 0 Å². The topological polar surface area (TPSA) is 90.0 Å². The van der Waals surface area contributed by atoms with Crippen LogP contribution in [0.15, 0.2) is 36.4 Å². The zero-order chi connectivity index (χ0) is 21.8. The lowest BCUT2D eigenvalue weighted by atomic mass is 10.0. The summed E-state index contributed by atoms with van der Waals surface area (Å²) in [6, 6.07) is 8.28. The third-order valence-corrected chi connectivity index (χ3v) is 4.24.